The quantitative estimate of drug-likeness (QED) is 0.665. The third kappa shape index (κ3) is 4.02. The molecule has 0 bridgehead atoms. The van der Waals surface area contributed by atoms with Gasteiger partial charge in [0.1, 0.15) is 11.6 Å². The van der Waals surface area contributed by atoms with Gasteiger partial charge in [-0.3, -0.25) is 0 Å². The van der Waals surface area contributed by atoms with Crippen molar-refractivity contribution in [2.75, 3.05) is 23.3 Å². The van der Waals surface area contributed by atoms with Gasteiger partial charge in [-0.1, -0.05) is 18.2 Å². The highest BCUT2D eigenvalue weighted by atomic mass is 19.1. The zero-order valence-electron chi connectivity index (χ0n) is 16.2. The van der Waals surface area contributed by atoms with E-state index >= 15 is 0 Å². The van der Waals surface area contributed by atoms with Crippen molar-refractivity contribution in [1.82, 2.24) is 9.97 Å². The first-order chi connectivity index (χ1) is 14.2. The van der Waals surface area contributed by atoms with Crippen molar-refractivity contribution in [2.24, 2.45) is 5.92 Å². The average molecular weight is 394 g/mol. The number of benzene rings is 2. The topological polar surface area (TPSA) is 41.1 Å². The second-order valence-corrected chi connectivity index (χ2v) is 8.17. The lowest BCUT2D eigenvalue weighted by molar-refractivity contribution is 0.396. The molecule has 1 saturated heterocycles. The molecule has 5 rings (SSSR count). The molecule has 1 saturated carbocycles. The van der Waals surface area contributed by atoms with E-state index in [2.05, 4.69) is 10.2 Å². The second kappa shape index (κ2) is 7.58. The zero-order valence-corrected chi connectivity index (χ0v) is 16.2. The van der Waals surface area contributed by atoms with Gasteiger partial charge in [-0.15, -0.1) is 0 Å². The zero-order chi connectivity index (χ0) is 19.8. The lowest BCUT2D eigenvalue weighted by Gasteiger charge is -2.33. The predicted octanol–water partition coefficient (Wildman–Crippen LogP) is 4.94. The minimum absolute atomic E-state index is 0.388. The van der Waals surface area contributed by atoms with E-state index in [1.54, 1.807) is 6.07 Å². The SMILES string of the molecule is Fc1ccc(CC2CCN(c3nc4ccccc4nc3NC3CC3)CC2)c(F)c1. The summed E-state index contributed by atoms with van der Waals surface area (Å²) in [6.45, 7) is 1.72. The second-order valence-electron chi connectivity index (χ2n) is 8.17. The summed E-state index contributed by atoms with van der Waals surface area (Å²) < 4.78 is 27.1. The van der Waals surface area contributed by atoms with E-state index in [4.69, 9.17) is 9.97 Å². The third-order valence-electron chi connectivity index (χ3n) is 5.91. The van der Waals surface area contributed by atoms with E-state index < -0.39 is 11.6 Å². The van der Waals surface area contributed by atoms with Crippen LogP contribution in [0.3, 0.4) is 0 Å². The van der Waals surface area contributed by atoms with Gasteiger partial charge in [-0.2, -0.15) is 0 Å². The molecule has 29 heavy (non-hydrogen) atoms. The molecule has 4 nitrogen and oxygen atoms in total. The summed E-state index contributed by atoms with van der Waals surface area (Å²) in [5.41, 5.74) is 2.41. The predicted molar refractivity (Wildman–Crippen MR) is 111 cm³/mol. The highest BCUT2D eigenvalue weighted by Gasteiger charge is 2.27. The van der Waals surface area contributed by atoms with Crippen LogP contribution in [-0.4, -0.2) is 29.1 Å². The highest BCUT2D eigenvalue weighted by molar-refractivity contribution is 5.80. The number of piperidine rings is 1. The Balaban J connectivity index is 1.32. The fraction of sp³-hybridized carbons (Fsp3) is 0.391. The molecule has 1 aliphatic carbocycles. The summed E-state index contributed by atoms with van der Waals surface area (Å²) >= 11 is 0. The molecule has 2 heterocycles. The average Bonchev–Trinajstić information content (AvgIpc) is 3.54. The van der Waals surface area contributed by atoms with E-state index in [0.29, 0.717) is 23.9 Å². The normalized spacial score (nSPS) is 17.7. The number of anilines is 2. The number of nitrogens with one attached hydrogen (secondary N) is 1. The summed E-state index contributed by atoms with van der Waals surface area (Å²) in [4.78, 5) is 12.0. The smallest absolute Gasteiger partial charge is 0.172 e. The maximum Gasteiger partial charge on any atom is 0.172 e. The van der Waals surface area contributed by atoms with Crippen molar-refractivity contribution in [1.29, 1.82) is 0 Å². The Kier molecular flexibility index (Phi) is 4.78. The molecule has 6 heteroatoms. The van der Waals surface area contributed by atoms with Crippen molar-refractivity contribution in [3.63, 3.8) is 0 Å². The van der Waals surface area contributed by atoms with Crippen LogP contribution in [0.25, 0.3) is 11.0 Å². The first-order valence-corrected chi connectivity index (χ1v) is 10.4. The lowest BCUT2D eigenvalue weighted by atomic mass is 9.90. The molecule has 3 aromatic rings. The summed E-state index contributed by atoms with van der Waals surface area (Å²) in [6.07, 6.45) is 4.91. The van der Waals surface area contributed by atoms with Gasteiger partial charge in [0.2, 0.25) is 0 Å². The standard InChI is InChI=1S/C23H24F2N4/c24-17-6-5-16(19(25)14-17)13-15-9-11-29(12-10-15)23-22(26-18-7-8-18)27-20-3-1-2-4-21(20)28-23/h1-6,14-15,18H,7-13H2,(H,26,27). The van der Waals surface area contributed by atoms with Crippen LogP contribution in [0.15, 0.2) is 42.5 Å². The fourth-order valence-electron chi connectivity index (χ4n) is 4.08. The van der Waals surface area contributed by atoms with Crippen LogP contribution in [-0.2, 0) is 6.42 Å². The molecular weight excluding hydrogens is 370 g/mol. The number of fused-ring (bicyclic) bond motifs is 1. The monoisotopic (exact) mass is 394 g/mol. The van der Waals surface area contributed by atoms with Gasteiger partial charge in [0.25, 0.3) is 0 Å². The molecule has 1 aromatic heterocycles. The van der Waals surface area contributed by atoms with Crippen LogP contribution in [0.2, 0.25) is 0 Å². The maximum absolute atomic E-state index is 14.0. The fourth-order valence-corrected chi connectivity index (χ4v) is 4.08. The number of para-hydroxylation sites is 2. The van der Waals surface area contributed by atoms with Gasteiger partial charge in [0.15, 0.2) is 11.6 Å². The number of rotatable bonds is 5. The summed E-state index contributed by atoms with van der Waals surface area (Å²) in [5, 5.41) is 3.54. The summed E-state index contributed by atoms with van der Waals surface area (Å²) in [5.74, 6) is 1.21. The first-order valence-electron chi connectivity index (χ1n) is 10.4. The van der Waals surface area contributed by atoms with Crippen LogP contribution in [0.4, 0.5) is 20.4 Å². The lowest BCUT2D eigenvalue weighted by Crippen LogP contribution is -2.35. The number of aromatic nitrogens is 2. The van der Waals surface area contributed by atoms with Crippen molar-refractivity contribution in [2.45, 2.75) is 38.1 Å². The van der Waals surface area contributed by atoms with Crippen molar-refractivity contribution in [3.8, 4) is 0 Å². The van der Waals surface area contributed by atoms with Gasteiger partial charge in [0.05, 0.1) is 11.0 Å². The van der Waals surface area contributed by atoms with E-state index in [1.165, 1.54) is 18.9 Å². The Labute approximate surface area is 169 Å². The van der Waals surface area contributed by atoms with Gasteiger partial charge in [0, 0.05) is 25.2 Å². The van der Waals surface area contributed by atoms with E-state index in [9.17, 15) is 8.78 Å². The molecule has 0 spiro atoms. The van der Waals surface area contributed by atoms with Crippen LogP contribution >= 0.6 is 0 Å². The van der Waals surface area contributed by atoms with E-state index in [1.807, 2.05) is 24.3 Å². The van der Waals surface area contributed by atoms with Gasteiger partial charge in [-0.25, -0.2) is 18.7 Å². The maximum atomic E-state index is 14.0. The van der Waals surface area contributed by atoms with Crippen molar-refractivity contribution in [3.05, 3.63) is 59.7 Å². The van der Waals surface area contributed by atoms with Crippen molar-refractivity contribution >= 4 is 22.7 Å². The summed E-state index contributed by atoms with van der Waals surface area (Å²) in [7, 11) is 0. The molecule has 0 unspecified atom stereocenters. The van der Waals surface area contributed by atoms with Gasteiger partial charge < -0.3 is 10.2 Å². The minimum atomic E-state index is -0.522. The van der Waals surface area contributed by atoms with Crippen LogP contribution in [0.5, 0.6) is 0 Å². The number of halogens is 2. The Morgan fingerprint density at radius 1 is 0.931 bits per heavy atom. The molecular formula is C23H24F2N4. The number of hydrogen-bond acceptors (Lipinski definition) is 4. The largest absolute Gasteiger partial charge is 0.364 e. The van der Waals surface area contributed by atoms with Crippen LogP contribution < -0.4 is 10.2 Å². The molecule has 1 aliphatic heterocycles. The Morgan fingerprint density at radius 2 is 1.66 bits per heavy atom. The Bertz CT molecular complexity index is 1030. The van der Waals surface area contributed by atoms with Gasteiger partial charge in [-0.05, 0) is 61.8 Å². The molecule has 2 fully saturated rings. The van der Waals surface area contributed by atoms with E-state index in [-0.39, 0.29) is 0 Å². The third-order valence-corrected chi connectivity index (χ3v) is 5.91. The molecule has 2 aliphatic rings. The molecule has 1 N–H and O–H groups in total. The molecule has 0 radical (unpaired) electrons. The van der Waals surface area contributed by atoms with Crippen molar-refractivity contribution < 1.29 is 8.78 Å². The first kappa shape index (κ1) is 18.3. The van der Waals surface area contributed by atoms with Crippen LogP contribution in [0.1, 0.15) is 31.2 Å². The van der Waals surface area contributed by atoms with E-state index in [0.717, 1.165) is 54.7 Å². The minimum Gasteiger partial charge on any atom is -0.364 e. The molecule has 150 valence electrons. The summed E-state index contributed by atoms with van der Waals surface area (Å²) in [6, 6.07) is 12.4. The number of hydrogen-bond donors (Lipinski definition) is 1. The molecule has 0 atom stereocenters. The Morgan fingerprint density at radius 3 is 2.34 bits per heavy atom. The number of nitrogens with zero attached hydrogens (tertiary/aromatic N) is 3. The Hall–Kier alpha value is -2.76. The van der Waals surface area contributed by atoms with Crippen LogP contribution in [0, 0.1) is 17.6 Å². The molecule has 0 amide bonds. The van der Waals surface area contributed by atoms with Gasteiger partial charge >= 0.3 is 0 Å². The highest BCUT2D eigenvalue weighted by Crippen LogP contribution is 2.33. The molecule has 2 aromatic carbocycles.